The van der Waals surface area contributed by atoms with E-state index in [9.17, 15) is 0 Å². The van der Waals surface area contributed by atoms with Crippen LogP contribution in [0.1, 0.15) is 11.9 Å². The molecule has 0 aliphatic rings. The van der Waals surface area contributed by atoms with E-state index < -0.39 is 0 Å². The molecule has 2 aromatic rings. The fourth-order valence-electron chi connectivity index (χ4n) is 1.87. The Hall–Kier alpha value is -1.16. The predicted octanol–water partition coefficient (Wildman–Crippen LogP) is 4.41. The number of hydrogen-bond acceptors (Lipinski definition) is 2. The molecule has 0 amide bonds. The van der Waals surface area contributed by atoms with Crippen LogP contribution in [0.25, 0.3) is 11.1 Å². The van der Waals surface area contributed by atoms with Crippen molar-refractivity contribution in [3.8, 4) is 11.1 Å². The third-order valence-electron chi connectivity index (χ3n) is 2.77. The summed E-state index contributed by atoms with van der Waals surface area (Å²) in [5.74, 6) is 0. The topological polar surface area (TPSA) is 18.5 Å². The fourth-order valence-corrected chi connectivity index (χ4v) is 2.27. The molecular formula is C15H15BrO2. The minimum absolute atomic E-state index is 0.304. The van der Waals surface area contributed by atoms with Gasteiger partial charge in [-0.25, -0.2) is 0 Å². The van der Waals surface area contributed by atoms with E-state index in [1.807, 2.05) is 24.3 Å². The van der Waals surface area contributed by atoms with E-state index in [0.29, 0.717) is 0 Å². The average molecular weight is 307 g/mol. The van der Waals surface area contributed by atoms with Gasteiger partial charge in [0, 0.05) is 24.3 Å². The van der Waals surface area contributed by atoms with Gasteiger partial charge in [0.25, 0.3) is 0 Å². The SMILES string of the molecule is COC(OC)c1ccc(-c2cccc(Br)c2)cc1. The van der Waals surface area contributed by atoms with Gasteiger partial charge in [0.2, 0.25) is 0 Å². The van der Waals surface area contributed by atoms with E-state index in [1.54, 1.807) is 14.2 Å². The molecule has 0 spiro atoms. The smallest absolute Gasteiger partial charge is 0.183 e. The number of hydrogen-bond donors (Lipinski definition) is 0. The van der Waals surface area contributed by atoms with Crippen molar-refractivity contribution in [2.45, 2.75) is 6.29 Å². The molecular weight excluding hydrogens is 292 g/mol. The summed E-state index contributed by atoms with van der Waals surface area (Å²) in [6.45, 7) is 0. The van der Waals surface area contributed by atoms with Crippen molar-refractivity contribution in [2.75, 3.05) is 14.2 Å². The van der Waals surface area contributed by atoms with Gasteiger partial charge in [-0.1, -0.05) is 52.3 Å². The molecule has 0 saturated heterocycles. The largest absolute Gasteiger partial charge is 0.352 e. The summed E-state index contributed by atoms with van der Waals surface area (Å²) in [6.07, 6.45) is -0.304. The fraction of sp³-hybridized carbons (Fsp3) is 0.200. The summed E-state index contributed by atoms with van der Waals surface area (Å²) in [5, 5.41) is 0. The van der Waals surface area contributed by atoms with Crippen molar-refractivity contribution < 1.29 is 9.47 Å². The normalized spacial score (nSPS) is 10.9. The highest BCUT2D eigenvalue weighted by molar-refractivity contribution is 9.10. The van der Waals surface area contributed by atoms with E-state index in [4.69, 9.17) is 9.47 Å². The van der Waals surface area contributed by atoms with Crippen LogP contribution >= 0.6 is 15.9 Å². The summed E-state index contributed by atoms with van der Waals surface area (Å²) in [4.78, 5) is 0. The molecule has 0 atom stereocenters. The van der Waals surface area contributed by atoms with Crippen molar-refractivity contribution in [3.05, 3.63) is 58.6 Å². The van der Waals surface area contributed by atoms with Crippen molar-refractivity contribution in [1.82, 2.24) is 0 Å². The Morgan fingerprint density at radius 3 is 2.11 bits per heavy atom. The van der Waals surface area contributed by atoms with Crippen LogP contribution in [-0.4, -0.2) is 14.2 Å². The Labute approximate surface area is 116 Å². The second-order valence-electron chi connectivity index (χ2n) is 3.94. The minimum Gasteiger partial charge on any atom is -0.352 e. The Morgan fingerprint density at radius 1 is 0.889 bits per heavy atom. The quantitative estimate of drug-likeness (QED) is 0.779. The highest BCUT2D eigenvalue weighted by Crippen LogP contribution is 2.25. The Balaban J connectivity index is 2.27. The summed E-state index contributed by atoms with van der Waals surface area (Å²) in [5.41, 5.74) is 3.37. The van der Waals surface area contributed by atoms with Gasteiger partial charge in [0.05, 0.1) is 0 Å². The number of rotatable bonds is 4. The molecule has 0 aliphatic heterocycles. The molecule has 0 aromatic heterocycles. The van der Waals surface area contributed by atoms with Gasteiger partial charge in [-0.05, 0) is 23.3 Å². The van der Waals surface area contributed by atoms with Crippen molar-refractivity contribution in [3.63, 3.8) is 0 Å². The van der Waals surface area contributed by atoms with E-state index in [0.717, 1.165) is 10.0 Å². The third-order valence-corrected chi connectivity index (χ3v) is 3.26. The molecule has 2 aromatic carbocycles. The van der Waals surface area contributed by atoms with Crippen LogP contribution in [0, 0.1) is 0 Å². The van der Waals surface area contributed by atoms with Crippen LogP contribution in [0.5, 0.6) is 0 Å². The molecule has 2 nitrogen and oxygen atoms in total. The molecule has 2 rings (SSSR count). The van der Waals surface area contributed by atoms with Crippen LogP contribution in [-0.2, 0) is 9.47 Å². The first kappa shape index (κ1) is 13.3. The van der Waals surface area contributed by atoms with Crippen molar-refractivity contribution in [2.24, 2.45) is 0 Å². The van der Waals surface area contributed by atoms with Gasteiger partial charge in [0.15, 0.2) is 6.29 Å². The molecule has 3 heteroatoms. The minimum atomic E-state index is -0.304. The van der Waals surface area contributed by atoms with E-state index >= 15 is 0 Å². The lowest BCUT2D eigenvalue weighted by Gasteiger charge is -2.14. The zero-order valence-electron chi connectivity index (χ0n) is 10.4. The Bertz CT molecular complexity index is 504. The van der Waals surface area contributed by atoms with Gasteiger partial charge >= 0.3 is 0 Å². The monoisotopic (exact) mass is 306 g/mol. The summed E-state index contributed by atoms with van der Waals surface area (Å²) >= 11 is 3.48. The number of halogens is 1. The average Bonchev–Trinajstić information content (AvgIpc) is 2.41. The summed E-state index contributed by atoms with van der Waals surface area (Å²) in [6, 6.07) is 16.4. The van der Waals surface area contributed by atoms with Crippen LogP contribution < -0.4 is 0 Å². The molecule has 18 heavy (non-hydrogen) atoms. The summed E-state index contributed by atoms with van der Waals surface area (Å²) < 4.78 is 11.5. The first-order valence-corrected chi connectivity index (χ1v) is 6.45. The van der Waals surface area contributed by atoms with Gasteiger partial charge in [0.1, 0.15) is 0 Å². The van der Waals surface area contributed by atoms with Crippen LogP contribution in [0.3, 0.4) is 0 Å². The molecule has 0 unspecified atom stereocenters. The second kappa shape index (κ2) is 6.14. The standard InChI is InChI=1S/C15H15BrO2/c1-17-15(18-2)12-8-6-11(7-9-12)13-4-3-5-14(16)10-13/h3-10,15H,1-2H3. The first-order valence-electron chi connectivity index (χ1n) is 5.66. The lowest BCUT2D eigenvalue weighted by molar-refractivity contribution is -0.106. The predicted molar refractivity (Wildman–Crippen MR) is 76.3 cm³/mol. The lowest BCUT2D eigenvalue weighted by atomic mass is 10.0. The molecule has 0 heterocycles. The maximum absolute atomic E-state index is 5.22. The zero-order chi connectivity index (χ0) is 13.0. The first-order chi connectivity index (χ1) is 8.74. The molecule has 94 valence electrons. The molecule has 0 radical (unpaired) electrons. The van der Waals surface area contributed by atoms with Crippen LogP contribution in [0.2, 0.25) is 0 Å². The van der Waals surface area contributed by atoms with Crippen molar-refractivity contribution >= 4 is 15.9 Å². The van der Waals surface area contributed by atoms with Crippen LogP contribution in [0.4, 0.5) is 0 Å². The number of benzene rings is 2. The van der Waals surface area contributed by atoms with Gasteiger partial charge < -0.3 is 9.47 Å². The highest BCUT2D eigenvalue weighted by Gasteiger charge is 2.08. The molecule has 0 N–H and O–H groups in total. The molecule has 0 bridgehead atoms. The van der Waals surface area contributed by atoms with Crippen LogP contribution in [0.15, 0.2) is 53.0 Å². The van der Waals surface area contributed by atoms with Gasteiger partial charge in [-0.2, -0.15) is 0 Å². The molecule has 0 saturated carbocycles. The maximum atomic E-state index is 5.22. The second-order valence-corrected chi connectivity index (χ2v) is 4.85. The van der Waals surface area contributed by atoms with E-state index in [1.165, 1.54) is 11.1 Å². The third kappa shape index (κ3) is 2.99. The highest BCUT2D eigenvalue weighted by atomic mass is 79.9. The Morgan fingerprint density at radius 2 is 1.56 bits per heavy atom. The van der Waals surface area contributed by atoms with Gasteiger partial charge in [-0.3, -0.25) is 0 Å². The maximum Gasteiger partial charge on any atom is 0.183 e. The number of ether oxygens (including phenoxy) is 2. The van der Waals surface area contributed by atoms with E-state index in [2.05, 4.69) is 40.2 Å². The molecule has 0 fully saturated rings. The van der Waals surface area contributed by atoms with Crippen molar-refractivity contribution in [1.29, 1.82) is 0 Å². The number of methoxy groups -OCH3 is 2. The molecule has 0 aliphatic carbocycles. The van der Waals surface area contributed by atoms with E-state index in [-0.39, 0.29) is 6.29 Å². The zero-order valence-corrected chi connectivity index (χ0v) is 12.0. The lowest BCUT2D eigenvalue weighted by Crippen LogP contribution is -2.03. The van der Waals surface area contributed by atoms with Gasteiger partial charge in [-0.15, -0.1) is 0 Å². The Kier molecular flexibility index (Phi) is 4.53. The summed E-state index contributed by atoms with van der Waals surface area (Å²) in [7, 11) is 3.27.